The molecule has 1 aromatic heterocycles. The number of unbranched alkanes of at least 4 members (excludes halogenated alkanes) is 2. The number of carboxylic acids is 1. The number of hydrogen-bond donors (Lipinski definition) is 1. The number of carbonyl (C=O) groups is 1. The average molecular weight is 317 g/mol. The third kappa shape index (κ3) is 6.68. The van der Waals surface area contributed by atoms with Gasteiger partial charge in [0.1, 0.15) is 0 Å². The van der Waals surface area contributed by atoms with Gasteiger partial charge in [0, 0.05) is 17.9 Å². The molecule has 0 radical (unpaired) electrons. The Kier molecular flexibility index (Phi) is 8.15. The monoisotopic (exact) mass is 317 g/mol. The van der Waals surface area contributed by atoms with Crippen LogP contribution in [0.25, 0.3) is 5.57 Å². The minimum absolute atomic E-state index is 0.833. The van der Waals surface area contributed by atoms with Crippen molar-refractivity contribution in [3.8, 4) is 0 Å². The Bertz CT molecular complexity index is 586. The molecular formula is C18H23NO2S. The molecule has 2 rings (SSSR count). The number of benzene rings is 1. The standard InChI is InChI=1S/C16H19NS.C2H4O2/c1-3-4-6-11-16-17-15(12-18-16)13(2)14-9-7-5-8-10-14;1-2(3)4/h5,7-10,12H,2-4,6,11H2,1H3;1H3,(H,3,4). The number of aromatic nitrogens is 1. The second-order valence-corrected chi connectivity index (χ2v) is 5.89. The van der Waals surface area contributed by atoms with Crippen molar-refractivity contribution in [3.63, 3.8) is 0 Å². The first kappa shape index (κ1) is 18.1. The maximum Gasteiger partial charge on any atom is 0.300 e. The molecule has 3 nitrogen and oxygen atoms in total. The molecule has 1 heterocycles. The summed E-state index contributed by atoms with van der Waals surface area (Å²) in [6.45, 7) is 7.46. The fourth-order valence-corrected chi connectivity index (χ4v) is 2.73. The van der Waals surface area contributed by atoms with Gasteiger partial charge >= 0.3 is 0 Å². The van der Waals surface area contributed by atoms with E-state index in [1.54, 1.807) is 11.3 Å². The van der Waals surface area contributed by atoms with E-state index in [-0.39, 0.29) is 0 Å². The van der Waals surface area contributed by atoms with Crippen LogP contribution in [0.5, 0.6) is 0 Å². The van der Waals surface area contributed by atoms with Gasteiger partial charge in [-0.15, -0.1) is 11.3 Å². The van der Waals surface area contributed by atoms with Gasteiger partial charge in [0.25, 0.3) is 5.97 Å². The van der Waals surface area contributed by atoms with Crippen LogP contribution in [-0.4, -0.2) is 16.1 Å². The summed E-state index contributed by atoms with van der Waals surface area (Å²) in [6.07, 6.45) is 4.88. The smallest absolute Gasteiger partial charge is 0.300 e. The summed E-state index contributed by atoms with van der Waals surface area (Å²) in [5.41, 5.74) is 3.20. The van der Waals surface area contributed by atoms with Crippen molar-refractivity contribution < 1.29 is 9.90 Å². The highest BCUT2D eigenvalue weighted by Crippen LogP contribution is 2.23. The van der Waals surface area contributed by atoms with Crippen molar-refractivity contribution in [2.24, 2.45) is 0 Å². The van der Waals surface area contributed by atoms with E-state index in [0.717, 1.165) is 30.2 Å². The van der Waals surface area contributed by atoms with Gasteiger partial charge in [-0.3, -0.25) is 4.79 Å². The van der Waals surface area contributed by atoms with Crippen LogP contribution >= 0.6 is 11.3 Å². The van der Waals surface area contributed by atoms with Gasteiger partial charge in [0.15, 0.2) is 0 Å². The number of aryl methyl sites for hydroxylation is 1. The Balaban J connectivity index is 0.000000541. The summed E-state index contributed by atoms with van der Waals surface area (Å²) >= 11 is 1.75. The number of carboxylic acid groups (broad SMARTS) is 1. The lowest BCUT2D eigenvalue weighted by Crippen LogP contribution is -1.88. The summed E-state index contributed by atoms with van der Waals surface area (Å²) < 4.78 is 0. The lowest BCUT2D eigenvalue weighted by atomic mass is 10.1. The average Bonchev–Trinajstić information content (AvgIpc) is 2.96. The molecule has 22 heavy (non-hydrogen) atoms. The van der Waals surface area contributed by atoms with Gasteiger partial charge in [-0.25, -0.2) is 4.98 Å². The van der Waals surface area contributed by atoms with E-state index in [1.807, 2.05) is 18.2 Å². The Hall–Kier alpha value is -1.94. The third-order valence-corrected chi connectivity index (χ3v) is 3.89. The van der Waals surface area contributed by atoms with Gasteiger partial charge in [-0.2, -0.15) is 0 Å². The van der Waals surface area contributed by atoms with Crippen LogP contribution in [0.2, 0.25) is 0 Å². The van der Waals surface area contributed by atoms with E-state index in [4.69, 9.17) is 9.90 Å². The second kappa shape index (κ2) is 9.90. The van der Waals surface area contributed by atoms with E-state index < -0.39 is 5.97 Å². The normalized spacial score (nSPS) is 9.73. The molecule has 0 aliphatic rings. The van der Waals surface area contributed by atoms with E-state index in [2.05, 4.69) is 36.0 Å². The Labute approximate surface area is 136 Å². The molecule has 0 aliphatic carbocycles. The summed E-state index contributed by atoms with van der Waals surface area (Å²) in [5, 5.41) is 10.8. The number of hydrogen-bond acceptors (Lipinski definition) is 3. The van der Waals surface area contributed by atoms with Crippen LogP contribution in [0, 0.1) is 0 Å². The zero-order chi connectivity index (χ0) is 16.4. The maximum atomic E-state index is 9.00. The zero-order valence-corrected chi connectivity index (χ0v) is 14.0. The number of nitrogens with zero attached hydrogens (tertiary/aromatic N) is 1. The number of aliphatic carboxylic acids is 1. The van der Waals surface area contributed by atoms with Crippen molar-refractivity contribution in [1.29, 1.82) is 0 Å². The van der Waals surface area contributed by atoms with Crippen molar-refractivity contribution in [2.75, 3.05) is 0 Å². The fraction of sp³-hybridized carbons (Fsp3) is 0.333. The molecule has 0 unspecified atom stereocenters. The molecule has 0 spiro atoms. The van der Waals surface area contributed by atoms with Crippen LogP contribution in [0.4, 0.5) is 0 Å². The van der Waals surface area contributed by atoms with Gasteiger partial charge in [0.05, 0.1) is 10.7 Å². The molecule has 0 fully saturated rings. The van der Waals surface area contributed by atoms with Crippen molar-refractivity contribution in [3.05, 3.63) is 58.6 Å². The highest BCUT2D eigenvalue weighted by molar-refractivity contribution is 7.09. The van der Waals surface area contributed by atoms with Crippen LogP contribution in [0.1, 0.15) is 49.4 Å². The van der Waals surface area contributed by atoms with Crippen LogP contribution in [-0.2, 0) is 11.2 Å². The molecule has 0 amide bonds. The van der Waals surface area contributed by atoms with E-state index in [0.29, 0.717) is 0 Å². The Morgan fingerprint density at radius 2 is 1.91 bits per heavy atom. The zero-order valence-electron chi connectivity index (χ0n) is 13.2. The summed E-state index contributed by atoms with van der Waals surface area (Å²) in [7, 11) is 0. The van der Waals surface area contributed by atoms with Crippen LogP contribution in [0.15, 0.2) is 42.3 Å². The van der Waals surface area contributed by atoms with E-state index >= 15 is 0 Å². The van der Waals surface area contributed by atoms with E-state index in [9.17, 15) is 0 Å². The quantitative estimate of drug-likeness (QED) is 0.760. The lowest BCUT2D eigenvalue weighted by molar-refractivity contribution is -0.134. The minimum Gasteiger partial charge on any atom is -0.481 e. The predicted molar refractivity (Wildman–Crippen MR) is 93.2 cm³/mol. The summed E-state index contributed by atoms with van der Waals surface area (Å²) in [4.78, 5) is 13.7. The Morgan fingerprint density at radius 1 is 1.27 bits per heavy atom. The van der Waals surface area contributed by atoms with Crippen LogP contribution in [0.3, 0.4) is 0 Å². The van der Waals surface area contributed by atoms with Gasteiger partial charge < -0.3 is 5.11 Å². The second-order valence-electron chi connectivity index (χ2n) is 4.95. The molecule has 4 heteroatoms. The van der Waals surface area contributed by atoms with Gasteiger partial charge in [-0.05, 0) is 18.4 Å². The molecule has 0 aliphatic heterocycles. The summed E-state index contributed by atoms with van der Waals surface area (Å²) in [6, 6.07) is 10.3. The van der Waals surface area contributed by atoms with Gasteiger partial charge in [-0.1, -0.05) is 56.7 Å². The maximum absolute atomic E-state index is 9.00. The molecule has 0 saturated carbocycles. The molecule has 0 bridgehead atoms. The number of rotatable bonds is 6. The number of thiazole rings is 1. The highest BCUT2D eigenvalue weighted by atomic mass is 32.1. The first-order valence-corrected chi connectivity index (χ1v) is 8.31. The Morgan fingerprint density at radius 3 is 2.50 bits per heavy atom. The van der Waals surface area contributed by atoms with Gasteiger partial charge in [0.2, 0.25) is 0 Å². The van der Waals surface area contributed by atoms with Crippen molar-refractivity contribution in [2.45, 2.75) is 39.5 Å². The summed E-state index contributed by atoms with van der Waals surface area (Å²) in [5.74, 6) is -0.833. The lowest BCUT2D eigenvalue weighted by Gasteiger charge is -2.01. The SMILES string of the molecule is C=C(c1ccccc1)c1csc(CCCCC)n1.CC(=O)O. The largest absolute Gasteiger partial charge is 0.481 e. The topological polar surface area (TPSA) is 50.2 Å². The molecule has 0 saturated heterocycles. The molecule has 1 aromatic carbocycles. The highest BCUT2D eigenvalue weighted by Gasteiger charge is 2.06. The first-order chi connectivity index (χ1) is 10.5. The molecule has 2 aromatic rings. The van der Waals surface area contributed by atoms with Crippen LogP contribution < -0.4 is 0 Å². The van der Waals surface area contributed by atoms with E-state index in [1.165, 1.54) is 24.3 Å². The molecule has 1 N–H and O–H groups in total. The molecular weight excluding hydrogens is 294 g/mol. The fourth-order valence-electron chi connectivity index (χ4n) is 1.88. The molecule has 0 atom stereocenters. The predicted octanol–water partition coefficient (Wildman–Crippen LogP) is 5.03. The molecule has 118 valence electrons. The first-order valence-electron chi connectivity index (χ1n) is 7.43. The van der Waals surface area contributed by atoms with Crippen molar-refractivity contribution in [1.82, 2.24) is 4.98 Å². The van der Waals surface area contributed by atoms with Crippen molar-refractivity contribution >= 4 is 22.9 Å². The third-order valence-electron chi connectivity index (χ3n) is 2.98. The minimum atomic E-state index is -0.833.